The van der Waals surface area contributed by atoms with Crippen LogP contribution in [0.25, 0.3) is 0 Å². The summed E-state index contributed by atoms with van der Waals surface area (Å²) in [7, 11) is 3.29. The first-order valence-corrected chi connectivity index (χ1v) is 6.08. The number of hydrogen-bond acceptors (Lipinski definition) is 5. The maximum absolute atomic E-state index is 11.9. The predicted octanol–water partition coefficient (Wildman–Crippen LogP) is 1.14. The fourth-order valence-corrected chi connectivity index (χ4v) is 2.18. The van der Waals surface area contributed by atoms with Gasteiger partial charge in [-0.15, -0.1) is 11.3 Å². The molecular weight excluding hydrogens is 240 g/mol. The van der Waals surface area contributed by atoms with Gasteiger partial charge in [-0.2, -0.15) is 0 Å². The summed E-state index contributed by atoms with van der Waals surface area (Å²) in [5.74, 6) is -0.541. The molecule has 0 saturated carbocycles. The number of carbonyl (C=O) groups is 2. The van der Waals surface area contributed by atoms with Gasteiger partial charge in [0.2, 0.25) is 0 Å². The van der Waals surface area contributed by atoms with Crippen molar-refractivity contribution in [3.05, 3.63) is 16.5 Å². The topological polar surface area (TPSA) is 72.6 Å². The van der Waals surface area contributed by atoms with Crippen LogP contribution in [0.15, 0.2) is 5.38 Å². The molecule has 0 bridgehead atoms. The molecule has 0 fully saturated rings. The number of carbonyl (C=O) groups excluding carboxylic acids is 2. The van der Waals surface area contributed by atoms with Gasteiger partial charge in [0.25, 0.3) is 5.91 Å². The zero-order valence-corrected chi connectivity index (χ0v) is 11.0. The smallest absolute Gasteiger partial charge is 0.310 e. The Morgan fingerprint density at radius 3 is 2.65 bits per heavy atom. The van der Waals surface area contributed by atoms with Gasteiger partial charge in [0.05, 0.1) is 23.6 Å². The Bertz CT molecular complexity index is 426. The van der Waals surface area contributed by atoms with E-state index >= 15 is 0 Å². The molecule has 0 unspecified atom stereocenters. The van der Waals surface area contributed by atoms with E-state index in [9.17, 15) is 9.59 Å². The largest absolute Gasteiger partial charge is 0.466 e. The maximum Gasteiger partial charge on any atom is 0.310 e. The molecule has 0 aromatic carbocycles. The second-order valence-corrected chi connectivity index (χ2v) is 4.59. The number of esters is 1. The number of anilines is 1. The van der Waals surface area contributed by atoms with E-state index in [1.54, 1.807) is 26.4 Å². The summed E-state index contributed by atoms with van der Waals surface area (Å²) in [6, 6.07) is 0. The van der Waals surface area contributed by atoms with Crippen LogP contribution in [-0.2, 0) is 16.0 Å². The number of nitrogen functional groups attached to an aromatic ring is 1. The van der Waals surface area contributed by atoms with E-state index < -0.39 is 0 Å². The van der Waals surface area contributed by atoms with Crippen molar-refractivity contribution in [2.75, 3.05) is 26.4 Å². The molecule has 94 valence electrons. The molecule has 1 aromatic heterocycles. The minimum Gasteiger partial charge on any atom is -0.466 e. The highest BCUT2D eigenvalue weighted by atomic mass is 32.1. The molecule has 1 aromatic rings. The maximum atomic E-state index is 11.9. The lowest BCUT2D eigenvalue weighted by molar-refractivity contribution is -0.142. The Hall–Kier alpha value is -1.56. The van der Waals surface area contributed by atoms with E-state index in [1.165, 1.54) is 16.2 Å². The third-order valence-corrected chi connectivity index (χ3v) is 3.02. The summed E-state index contributed by atoms with van der Waals surface area (Å²) in [6.07, 6.45) is 0.0798. The molecule has 0 saturated heterocycles. The number of nitrogens with zero attached hydrogens (tertiary/aromatic N) is 1. The quantitative estimate of drug-likeness (QED) is 0.820. The second kappa shape index (κ2) is 5.67. The lowest BCUT2D eigenvalue weighted by atomic mass is 10.1. The standard InChI is InChI=1S/C11H16N2O3S/c1-4-16-8(14)5-7-6-17-10(12)9(7)11(15)13(2)3/h6H,4-5,12H2,1-3H3. The highest BCUT2D eigenvalue weighted by molar-refractivity contribution is 7.14. The van der Waals surface area contributed by atoms with E-state index in [2.05, 4.69) is 0 Å². The van der Waals surface area contributed by atoms with Crippen LogP contribution in [0.2, 0.25) is 0 Å². The minimum atomic E-state index is -0.349. The van der Waals surface area contributed by atoms with Crippen LogP contribution in [0.4, 0.5) is 5.00 Å². The van der Waals surface area contributed by atoms with Crippen molar-refractivity contribution in [3.63, 3.8) is 0 Å². The van der Waals surface area contributed by atoms with E-state index in [-0.39, 0.29) is 18.3 Å². The fourth-order valence-electron chi connectivity index (χ4n) is 1.37. The molecule has 5 nitrogen and oxygen atoms in total. The van der Waals surface area contributed by atoms with Crippen molar-refractivity contribution in [3.8, 4) is 0 Å². The van der Waals surface area contributed by atoms with Gasteiger partial charge in [-0.05, 0) is 17.9 Å². The van der Waals surface area contributed by atoms with Gasteiger partial charge in [0, 0.05) is 14.1 Å². The molecule has 1 rings (SSSR count). The van der Waals surface area contributed by atoms with Gasteiger partial charge < -0.3 is 15.4 Å². The average Bonchev–Trinajstić information content (AvgIpc) is 2.59. The predicted molar refractivity (Wildman–Crippen MR) is 67.1 cm³/mol. The van der Waals surface area contributed by atoms with Gasteiger partial charge >= 0.3 is 5.97 Å². The molecular formula is C11H16N2O3S. The molecule has 0 aliphatic rings. The summed E-state index contributed by atoms with van der Waals surface area (Å²) < 4.78 is 4.85. The first-order valence-electron chi connectivity index (χ1n) is 5.20. The van der Waals surface area contributed by atoms with E-state index in [4.69, 9.17) is 10.5 Å². The Morgan fingerprint density at radius 2 is 2.12 bits per heavy atom. The number of nitrogens with two attached hydrogens (primary N) is 1. The number of ether oxygens (including phenoxy) is 1. The van der Waals surface area contributed by atoms with Crippen molar-refractivity contribution in [2.45, 2.75) is 13.3 Å². The first kappa shape index (κ1) is 13.5. The lowest BCUT2D eigenvalue weighted by Gasteiger charge is -2.11. The van der Waals surface area contributed by atoms with E-state index in [0.717, 1.165) is 0 Å². The van der Waals surface area contributed by atoms with Crippen molar-refractivity contribution in [2.24, 2.45) is 0 Å². The Kier molecular flexibility index (Phi) is 4.51. The third kappa shape index (κ3) is 3.20. The molecule has 1 amide bonds. The summed E-state index contributed by atoms with van der Waals surface area (Å²) in [6.45, 7) is 2.07. The van der Waals surface area contributed by atoms with Crippen molar-refractivity contribution >= 4 is 28.2 Å². The summed E-state index contributed by atoms with van der Waals surface area (Å²) >= 11 is 1.26. The SMILES string of the molecule is CCOC(=O)Cc1csc(N)c1C(=O)N(C)C. The molecule has 0 aliphatic carbocycles. The van der Waals surface area contributed by atoms with Gasteiger partial charge in [-0.1, -0.05) is 0 Å². The van der Waals surface area contributed by atoms with Crippen LogP contribution in [0, 0.1) is 0 Å². The van der Waals surface area contributed by atoms with Crippen LogP contribution < -0.4 is 5.73 Å². The second-order valence-electron chi connectivity index (χ2n) is 3.68. The average molecular weight is 256 g/mol. The normalized spacial score (nSPS) is 10.1. The molecule has 6 heteroatoms. The van der Waals surface area contributed by atoms with Crippen LogP contribution >= 0.6 is 11.3 Å². The van der Waals surface area contributed by atoms with Crippen LogP contribution in [0.1, 0.15) is 22.8 Å². The van der Waals surface area contributed by atoms with Gasteiger partial charge in [-0.3, -0.25) is 9.59 Å². The summed E-state index contributed by atoms with van der Waals surface area (Å²) in [5, 5.41) is 2.16. The van der Waals surface area contributed by atoms with E-state index in [1.807, 2.05) is 0 Å². The molecule has 1 heterocycles. The highest BCUT2D eigenvalue weighted by Crippen LogP contribution is 2.26. The van der Waals surface area contributed by atoms with Crippen LogP contribution in [0.5, 0.6) is 0 Å². The minimum absolute atomic E-state index is 0.0798. The summed E-state index contributed by atoms with van der Waals surface area (Å²) in [5.41, 5.74) is 6.79. The van der Waals surface area contributed by atoms with Crippen molar-refractivity contribution < 1.29 is 14.3 Å². The Labute approximate surface area is 104 Å². The fraction of sp³-hybridized carbons (Fsp3) is 0.455. The number of rotatable bonds is 4. The zero-order chi connectivity index (χ0) is 13.0. The molecule has 0 spiro atoms. The van der Waals surface area contributed by atoms with E-state index in [0.29, 0.717) is 22.7 Å². The van der Waals surface area contributed by atoms with Gasteiger partial charge in [0.15, 0.2) is 0 Å². The Balaban J connectivity index is 2.94. The van der Waals surface area contributed by atoms with Gasteiger partial charge in [-0.25, -0.2) is 0 Å². The third-order valence-electron chi connectivity index (χ3n) is 2.16. The number of thiophene rings is 1. The van der Waals surface area contributed by atoms with Crippen LogP contribution in [0.3, 0.4) is 0 Å². The summed E-state index contributed by atoms with van der Waals surface area (Å²) in [4.78, 5) is 24.7. The number of hydrogen-bond donors (Lipinski definition) is 1. The molecule has 2 N–H and O–H groups in total. The molecule has 0 atom stereocenters. The first-order chi connectivity index (χ1) is 7.97. The molecule has 0 radical (unpaired) electrons. The zero-order valence-electron chi connectivity index (χ0n) is 10.1. The number of amides is 1. The van der Waals surface area contributed by atoms with Gasteiger partial charge in [0.1, 0.15) is 0 Å². The monoisotopic (exact) mass is 256 g/mol. The van der Waals surface area contributed by atoms with Crippen molar-refractivity contribution in [1.29, 1.82) is 0 Å². The van der Waals surface area contributed by atoms with Crippen molar-refractivity contribution in [1.82, 2.24) is 4.90 Å². The Morgan fingerprint density at radius 1 is 1.47 bits per heavy atom. The van der Waals surface area contributed by atoms with Crippen LogP contribution in [-0.4, -0.2) is 37.5 Å². The lowest BCUT2D eigenvalue weighted by Crippen LogP contribution is -2.23. The molecule has 0 aliphatic heterocycles. The molecule has 17 heavy (non-hydrogen) atoms. The highest BCUT2D eigenvalue weighted by Gasteiger charge is 2.20.